The van der Waals surface area contributed by atoms with E-state index in [1.54, 1.807) is 0 Å². The van der Waals surface area contributed by atoms with Gasteiger partial charge in [0.05, 0.1) is 6.04 Å². The van der Waals surface area contributed by atoms with Crippen LogP contribution in [0.2, 0.25) is 0 Å². The number of rotatable bonds is 6. The van der Waals surface area contributed by atoms with E-state index in [1.165, 1.54) is 29.5 Å². The highest BCUT2D eigenvalue weighted by atomic mass is 35.5. The Labute approximate surface area is 179 Å². The molecule has 5 nitrogen and oxygen atoms in total. The number of aromatic nitrogens is 4. The highest BCUT2D eigenvalue weighted by Crippen LogP contribution is 2.31. The van der Waals surface area contributed by atoms with Crippen molar-refractivity contribution in [2.24, 2.45) is 5.92 Å². The first-order chi connectivity index (χ1) is 13.7. The molecular weight excluding hydrogens is 382 g/mol. The van der Waals surface area contributed by atoms with Crippen LogP contribution in [0.25, 0.3) is 0 Å². The third kappa shape index (κ3) is 5.22. The second kappa shape index (κ2) is 9.99. The number of hydrogen-bond acceptors (Lipinski definition) is 4. The fourth-order valence-electron chi connectivity index (χ4n) is 4.01. The quantitative estimate of drug-likeness (QED) is 0.609. The molecule has 0 radical (unpaired) electrons. The number of aryl methyl sites for hydroxylation is 3. The largest absolute Gasteiger partial charge is 1.00 e. The Morgan fingerprint density at radius 3 is 2.38 bits per heavy atom. The maximum absolute atomic E-state index is 4.48. The summed E-state index contributed by atoms with van der Waals surface area (Å²) < 4.78 is 2.00. The van der Waals surface area contributed by atoms with Crippen LogP contribution in [0.5, 0.6) is 0 Å². The molecule has 2 aromatic carbocycles. The number of likely N-dealkylation sites (tertiary alicyclic amines) is 1. The van der Waals surface area contributed by atoms with Crippen LogP contribution < -0.4 is 12.4 Å². The molecular formula is C23H29ClN5-. The lowest BCUT2D eigenvalue weighted by Gasteiger charge is -2.36. The standard InChI is InChI=1S/C23H29N5.ClH/c1-18-8-10-21(11-9-18)22(27-15-12-19(2)13-16-27)23-24-25-26-28(23)17-14-20-6-4-3-5-7-20;/h3-11,19,22H,12-17H2,1-2H3;1H/p-1. The fraction of sp³-hybridized carbons (Fsp3) is 0.435. The summed E-state index contributed by atoms with van der Waals surface area (Å²) in [5.41, 5.74) is 3.86. The van der Waals surface area contributed by atoms with Gasteiger partial charge in [-0.1, -0.05) is 67.1 Å². The predicted octanol–water partition coefficient (Wildman–Crippen LogP) is 1.05. The van der Waals surface area contributed by atoms with Gasteiger partial charge >= 0.3 is 0 Å². The van der Waals surface area contributed by atoms with Crippen LogP contribution in [-0.4, -0.2) is 38.2 Å². The van der Waals surface area contributed by atoms with Gasteiger partial charge in [-0.3, -0.25) is 4.90 Å². The van der Waals surface area contributed by atoms with E-state index >= 15 is 0 Å². The van der Waals surface area contributed by atoms with Crippen molar-refractivity contribution in [1.82, 2.24) is 25.1 Å². The van der Waals surface area contributed by atoms with E-state index in [2.05, 4.69) is 88.9 Å². The summed E-state index contributed by atoms with van der Waals surface area (Å²) in [4.78, 5) is 2.55. The number of halogens is 1. The van der Waals surface area contributed by atoms with Crippen LogP contribution in [0.3, 0.4) is 0 Å². The fourth-order valence-corrected chi connectivity index (χ4v) is 4.01. The van der Waals surface area contributed by atoms with Gasteiger partial charge in [0.2, 0.25) is 0 Å². The molecule has 2 heterocycles. The van der Waals surface area contributed by atoms with Gasteiger partial charge in [-0.2, -0.15) is 0 Å². The Morgan fingerprint density at radius 2 is 1.69 bits per heavy atom. The molecule has 1 aliphatic heterocycles. The Bertz CT molecular complexity index is 870. The lowest BCUT2D eigenvalue weighted by Crippen LogP contribution is -3.00. The molecule has 154 valence electrons. The summed E-state index contributed by atoms with van der Waals surface area (Å²) in [7, 11) is 0. The monoisotopic (exact) mass is 410 g/mol. The molecule has 0 spiro atoms. The minimum Gasteiger partial charge on any atom is -1.00 e. The predicted molar refractivity (Wildman–Crippen MR) is 111 cm³/mol. The highest BCUT2D eigenvalue weighted by Gasteiger charge is 2.30. The average Bonchev–Trinajstić information content (AvgIpc) is 3.18. The van der Waals surface area contributed by atoms with E-state index in [9.17, 15) is 0 Å². The topological polar surface area (TPSA) is 46.8 Å². The SMILES string of the molecule is Cc1ccc(C(c2nnnn2CCc2ccccc2)N2CCC(C)CC2)cc1.[Cl-]. The lowest BCUT2D eigenvalue weighted by atomic mass is 9.95. The summed E-state index contributed by atoms with van der Waals surface area (Å²) in [5, 5.41) is 12.9. The number of nitrogens with zero attached hydrogens (tertiary/aromatic N) is 5. The van der Waals surface area contributed by atoms with E-state index in [0.717, 1.165) is 37.8 Å². The van der Waals surface area contributed by atoms with E-state index in [-0.39, 0.29) is 18.4 Å². The first kappa shape index (κ1) is 21.5. The van der Waals surface area contributed by atoms with E-state index < -0.39 is 0 Å². The van der Waals surface area contributed by atoms with Gasteiger partial charge < -0.3 is 12.4 Å². The molecule has 1 saturated heterocycles. The molecule has 3 aromatic rings. The zero-order valence-electron chi connectivity index (χ0n) is 17.2. The van der Waals surface area contributed by atoms with Crippen LogP contribution in [0.4, 0.5) is 0 Å². The average molecular weight is 411 g/mol. The number of benzene rings is 2. The van der Waals surface area contributed by atoms with Gasteiger partial charge in [0.1, 0.15) is 0 Å². The Kier molecular flexibility index (Phi) is 7.40. The Balaban J connectivity index is 0.00000240. The molecule has 1 atom stereocenters. The van der Waals surface area contributed by atoms with E-state index in [1.807, 2.05) is 4.68 Å². The van der Waals surface area contributed by atoms with Gasteiger partial charge in [0.25, 0.3) is 0 Å². The molecule has 1 aromatic heterocycles. The van der Waals surface area contributed by atoms with Gasteiger partial charge in [-0.25, -0.2) is 4.68 Å². The molecule has 1 fully saturated rings. The normalized spacial score (nSPS) is 16.3. The second-order valence-electron chi connectivity index (χ2n) is 8.03. The minimum atomic E-state index is 0. The first-order valence-corrected chi connectivity index (χ1v) is 10.3. The van der Waals surface area contributed by atoms with Gasteiger partial charge in [0, 0.05) is 6.54 Å². The number of hydrogen-bond donors (Lipinski definition) is 0. The summed E-state index contributed by atoms with van der Waals surface area (Å²) in [6.45, 7) is 7.45. The molecule has 0 bridgehead atoms. The van der Waals surface area contributed by atoms with Crippen molar-refractivity contribution >= 4 is 0 Å². The lowest BCUT2D eigenvalue weighted by molar-refractivity contribution is -0.00000607. The first-order valence-electron chi connectivity index (χ1n) is 10.3. The molecule has 0 N–H and O–H groups in total. The van der Waals surface area contributed by atoms with Crippen molar-refractivity contribution in [1.29, 1.82) is 0 Å². The van der Waals surface area contributed by atoms with Gasteiger partial charge in [-0.05, 0) is 66.7 Å². The number of piperidine rings is 1. The van der Waals surface area contributed by atoms with Crippen molar-refractivity contribution in [2.45, 2.75) is 45.7 Å². The molecule has 0 amide bonds. The molecule has 1 aliphatic rings. The van der Waals surface area contributed by atoms with Crippen molar-refractivity contribution in [3.63, 3.8) is 0 Å². The maximum atomic E-state index is 4.48. The smallest absolute Gasteiger partial charge is 0.173 e. The van der Waals surface area contributed by atoms with Crippen molar-refractivity contribution < 1.29 is 12.4 Å². The summed E-state index contributed by atoms with van der Waals surface area (Å²) in [5.74, 6) is 1.75. The zero-order chi connectivity index (χ0) is 19.3. The van der Waals surface area contributed by atoms with Gasteiger partial charge in [-0.15, -0.1) is 5.10 Å². The Morgan fingerprint density at radius 1 is 1.00 bits per heavy atom. The minimum absolute atomic E-state index is 0. The summed E-state index contributed by atoms with van der Waals surface area (Å²) in [6.07, 6.45) is 3.39. The Hall–Kier alpha value is -2.24. The third-order valence-corrected chi connectivity index (χ3v) is 5.84. The maximum Gasteiger partial charge on any atom is 0.173 e. The molecule has 6 heteroatoms. The van der Waals surface area contributed by atoms with Crippen LogP contribution in [0, 0.1) is 12.8 Å². The van der Waals surface area contributed by atoms with Crippen LogP contribution in [0.15, 0.2) is 54.6 Å². The molecule has 0 saturated carbocycles. The van der Waals surface area contributed by atoms with Crippen molar-refractivity contribution in [3.8, 4) is 0 Å². The second-order valence-corrected chi connectivity index (χ2v) is 8.03. The molecule has 4 rings (SSSR count). The summed E-state index contributed by atoms with van der Waals surface area (Å²) in [6, 6.07) is 19.5. The molecule has 1 unspecified atom stereocenters. The van der Waals surface area contributed by atoms with Crippen molar-refractivity contribution in [2.75, 3.05) is 13.1 Å². The van der Waals surface area contributed by atoms with Crippen LogP contribution in [-0.2, 0) is 13.0 Å². The summed E-state index contributed by atoms with van der Waals surface area (Å²) >= 11 is 0. The van der Waals surface area contributed by atoms with E-state index in [0.29, 0.717) is 0 Å². The zero-order valence-corrected chi connectivity index (χ0v) is 18.0. The number of tetrazole rings is 1. The highest BCUT2D eigenvalue weighted by molar-refractivity contribution is 5.28. The third-order valence-electron chi connectivity index (χ3n) is 5.84. The van der Waals surface area contributed by atoms with Crippen molar-refractivity contribution in [3.05, 3.63) is 77.1 Å². The van der Waals surface area contributed by atoms with Crippen LogP contribution in [0.1, 0.15) is 48.3 Å². The van der Waals surface area contributed by atoms with Crippen LogP contribution >= 0.6 is 0 Å². The van der Waals surface area contributed by atoms with E-state index in [4.69, 9.17) is 0 Å². The van der Waals surface area contributed by atoms with Gasteiger partial charge in [0.15, 0.2) is 5.82 Å². The molecule has 29 heavy (non-hydrogen) atoms. The molecule has 0 aliphatic carbocycles.